The first-order valence-corrected chi connectivity index (χ1v) is 11.3. The summed E-state index contributed by atoms with van der Waals surface area (Å²) in [6.07, 6.45) is 0.706. The fourth-order valence-electron chi connectivity index (χ4n) is 2.75. The third-order valence-corrected chi connectivity index (χ3v) is 7.23. The van der Waals surface area contributed by atoms with Crippen LogP contribution in [0.3, 0.4) is 0 Å². The molecule has 0 spiro atoms. The average molecular weight is 435 g/mol. The van der Waals surface area contributed by atoms with Crippen molar-refractivity contribution in [1.29, 1.82) is 0 Å². The van der Waals surface area contributed by atoms with Crippen LogP contribution < -0.4 is 10.0 Å². The zero-order chi connectivity index (χ0) is 20.1. The van der Waals surface area contributed by atoms with Gasteiger partial charge in [-0.1, -0.05) is 61.0 Å². The molecule has 28 heavy (non-hydrogen) atoms. The van der Waals surface area contributed by atoms with Gasteiger partial charge in [0.1, 0.15) is 4.21 Å². The van der Waals surface area contributed by atoms with Crippen LogP contribution in [0.1, 0.15) is 35.3 Å². The summed E-state index contributed by atoms with van der Waals surface area (Å²) < 4.78 is 28.2. The maximum absolute atomic E-state index is 12.9. The first-order chi connectivity index (χ1) is 13.4. The molecule has 0 aliphatic rings. The van der Waals surface area contributed by atoms with Crippen molar-refractivity contribution in [3.05, 3.63) is 82.2 Å². The monoisotopic (exact) mass is 434 g/mol. The number of carbonyl (C=O) groups excluding carboxylic acids is 1. The minimum Gasteiger partial charge on any atom is -0.345 e. The van der Waals surface area contributed by atoms with Gasteiger partial charge in [0.2, 0.25) is 0 Å². The van der Waals surface area contributed by atoms with E-state index in [1.807, 2.05) is 37.3 Å². The number of anilines is 1. The number of rotatable bonds is 7. The molecule has 0 saturated heterocycles. The molecular weight excluding hydrogens is 416 g/mol. The maximum atomic E-state index is 12.9. The molecule has 2 N–H and O–H groups in total. The molecule has 0 saturated carbocycles. The number of halogens is 1. The van der Waals surface area contributed by atoms with Gasteiger partial charge in [-0.15, -0.1) is 11.3 Å². The molecule has 2 aromatic carbocycles. The van der Waals surface area contributed by atoms with Crippen LogP contribution in [0, 0.1) is 0 Å². The molecule has 0 radical (unpaired) electrons. The fraction of sp³-hybridized carbons (Fsp3) is 0.150. The predicted molar refractivity (Wildman–Crippen MR) is 114 cm³/mol. The molecule has 1 unspecified atom stereocenters. The molecule has 0 aliphatic carbocycles. The Kier molecular flexibility index (Phi) is 6.39. The van der Waals surface area contributed by atoms with Crippen molar-refractivity contribution in [2.75, 3.05) is 4.72 Å². The van der Waals surface area contributed by atoms with Crippen LogP contribution in [0.5, 0.6) is 0 Å². The molecule has 8 heteroatoms. The quantitative estimate of drug-likeness (QED) is 0.544. The molecular formula is C20H19ClN2O3S2. The van der Waals surface area contributed by atoms with Crippen LogP contribution in [-0.2, 0) is 10.0 Å². The van der Waals surface area contributed by atoms with E-state index in [0.717, 1.165) is 16.9 Å². The van der Waals surface area contributed by atoms with E-state index in [4.69, 9.17) is 11.6 Å². The Bertz CT molecular complexity index is 1070. The van der Waals surface area contributed by atoms with Crippen LogP contribution >= 0.6 is 22.9 Å². The highest BCUT2D eigenvalue weighted by molar-refractivity contribution is 7.94. The third kappa shape index (κ3) is 4.73. The Morgan fingerprint density at radius 1 is 1.04 bits per heavy atom. The average Bonchev–Trinajstić information content (AvgIpc) is 3.14. The summed E-state index contributed by atoms with van der Waals surface area (Å²) in [6, 6.07) is 18.9. The number of para-hydroxylation sites is 1. The molecule has 1 heterocycles. The summed E-state index contributed by atoms with van der Waals surface area (Å²) >= 11 is 6.80. The predicted octanol–water partition coefficient (Wildman–Crippen LogP) is 5.08. The van der Waals surface area contributed by atoms with Crippen LogP contribution in [0.15, 0.2) is 70.9 Å². The second kappa shape index (κ2) is 8.77. The first kappa shape index (κ1) is 20.4. The van der Waals surface area contributed by atoms with Gasteiger partial charge in [0.05, 0.1) is 21.6 Å². The van der Waals surface area contributed by atoms with E-state index < -0.39 is 10.0 Å². The van der Waals surface area contributed by atoms with Crippen LogP contribution in [0.25, 0.3) is 0 Å². The van der Waals surface area contributed by atoms with Gasteiger partial charge < -0.3 is 5.32 Å². The van der Waals surface area contributed by atoms with Crippen molar-refractivity contribution < 1.29 is 13.2 Å². The second-order valence-electron chi connectivity index (χ2n) is 6.05. The topological polar surface area (TPSA) is 75.3 Å². The van der Waals surface area contributed by atoms with Gasteiger partial charge in [-0.25, -0.2) is 8.42 Å². The Morgan fingerprint density at radius 3 is 2.36 bits per heavy atom. The molecule has 0 fully saturated rings. The van der Waals surface area contributed by atoms with E-state index in [0.29, 0.717) is 10.8 Å². The van der Waals surface area contributed by atoms with Gasteiger partial charge in [-0.05, 0) is 36.2 Å². The van der Waals surface area contributed by atoms with Gasteiger partial charge in [0, 0.05) is 0 Å². The molecule has 3 rings (SSSR count). The molecule has 3 aromatic rings. The summed E-state index contributed by atoms with van der Waals surface area (Å²) in [7, 11) is -3.83. The minimum atomic E-state index is -3.83. The highest BCUT2D eigenvalue weighted by Crippen LogP contribution is 2.28. The van der Waals surface area contributed by atoms with Crippen LogP contribution in [0.2, 0.25) is 4.34 Å². The zero-order valence-electron chi connectivity index (χ0n) is 15.1. The third-order valence-electron chi connectivity index (χ3n) is 4.14. The number of thiophene rings is 1. The SMILES string of the molecule is CCC(NC(=O)c1ccccc1NS(=O)(=O)c1ccc(Cl)s1)c1ccccc1. The summed E-state index contributed by atoms with van der Waals surface area (Å²) in [4.78, 5) is 12.9. The number of amides is 1. The fourth-order valence-corrected chi connectivity index (χ4v) is 5.31. The number of benzene rings is 2. The summed E-state index contributed by atoms with van der Waals surface area (Å²) in [6.45, 7) is 1.98. The van der Waals surface area contributed by atoms with Crippen molar-refractivity contribution in [2.45, 2.75) is 23.6 Å². The van der Waals surface area contributed by atoms with Crippen molar-refractivity contribution in [2.24, 2.45) is 0 Å². The Balaban J connectivity index is 1.84. The molecule has 0 bridgehead atoms. The van der Waals surface area contributed by atoms with Gasteiger partial charge in [-0.3, -0.25) is 9.52 Å². The number of carbonyl (C=O) groups is 1. The van der Waals surface area contributed by atoms with Gasteiger partial charge in [-0.2, -0.15) is 0 Å². The van der Waals surface area contributed by atoms with Crippen molar-refractivity contribution in [3.63, 3.8) is 0 Å². The Labute approximate surface area is 173 Å². The van der Waals surface area contributed by atoms with E-state index in [1.54, 1.807) is 24.3 Å². The summed E-state index contributed by atoms with van der Waals surface area (Å²) in [5.74, 6) is -0.349. The number of nitrogens with one attached hydrogen (secondary N) is 2. The van der Waals surface area contributed by atoms with Crippen molar-refractivity contribution in [1.82, 2.24) is 5.32 Å². The number of hydrogen-bond acceptors (Lipinski definition) is 4. The smallest absolute Gasteiger partial charge is 0.271 e. The zero-order valence-corrected chi connectivity index (χ0v) is 17.4. The van der Waals surface area contributed by atoms with E-state index in [9.17, 15) is 13.2 Å². The normalized spacial score (nSPS) is 12.4. The van der Waals surface area contributed by atoms with Gasteiger partial charge >= 0.3 is 0 Å². The largest absolute Gasteiger partial charge is 0.345 e. The highest BCUT2D eigenvalue weighted by Gasteiger charge is 2.21. The van der Waals surface area contributed by atoms with Crippen LogP contribution in [0.4, 0.5) is 5.69 Å². The molecule has 146 valence electrons. The molecule has 1 aromatic heterocycles. The number of hydrogen-bond donors (Lipinski definition) is 2. The van der Waals surface area contributed by atoms with E-state index in [-0.39, 0.29) is 27.4 Å². The highest BCUT2D eigenvalue weighted by atomic mass is 35.5. The maximum Gasteiger partial charge on any atom is 0.271 e. The Hall–Kier alpha value is -2.35. The molecule has 1 atom stereocenters. The lowest BCUT2D eigenvalue weighted by Gasteiger charge is -2.19. The second-order valence-corrected chi connectivity index (χ2v) is 9.68. The van der Waals surface area contributed by atoms with E-state index in [1.165, 1.54) is 12.1 Å². The van der Waals surface area contributed by atoms with Crippen molar-refractivity contribution in [3.8, 4) is 0 Å². The molecule has 5 nitrogen and oxygen atoms in total. The lowest BCUT2D eigenvalue weighted by atomic mass is 10.0. The lowest BCUT2D eigenvalue weighted by Crippen LogP contribution is -2.29. The lowest BCUT2D eigenvalue weighted by molar-refractivity contribution is 0.0936. The van der Waals surface area contributed by atoms with E-state index >= 15 is 0 Å². The molecule has 1 amide bonds. The minimum absolute atomic E-state index is 0.0865. The van der Waals surface area contributed by atoms with E-state index in [2.05, 4.69) is 10.0 Å². The number of sulfonamides is 1. The Morgan fingerprint density at radius 2 is 1.71 bits per heavy atom. The van der Waals surface area contributed by atoms with Crippen molar-refractivity contribution >= 4 is 44.6 Å². The summed E-state index contributed by atoms with van der Waals surface area (Å²) in [5.41, 5.74) is 1.46. The van der Waals surface area contributed by atoms with Crippen LogP contribution in [-0.4, -0.2) is 14.3 Å². The summed E-state index contributed by atoms with van der Waals surface area (Å²) in [5, 5.41) is 2.98. The van der Waals surface area contributed by atoms with Gasteiger partial charge in [0.25, 0.3) is 15.9 Å². The first-order valence-electron chi connectivity index (χ1n) is 8.63. The molecule has 0 aliphatic heterocycles. The standard InChI is InChI=1S/C20H19ClN2O3S2/c1-2-16(14-8-4-3-5-9-14)22-20(24)15-10-6-7-11-17(15)23-28(25,26)19-13-12-18(21)27-19/h3-13,16,23H,2H2,1H3,(H,22,24). The van der Waals surface area contributed by atoms with Gasteiger partial charge in [0.15, 0.2) is 0 Å².